The van der Waals surface area contributed by atoms with E-state index in [9.17, 15) is 0 Å². The summed E-state index contributed by atoms with van der Waals surface area (Å²) < 4.78 is 0. The van der Waals surface area contributed by atoms with E-state index in [-0.39, 0.29) is 11.2 Å². The Morgan fingerprint density at radius 3 is 1.32 bits per heavy atom. The fourth-order valence-electron chi connectivity index (χ4n) is 6.15. The van der Waals surface area contributed by atoms with Gasteiger partial charge < -0.3 is 9.68 Å². The summed E-state index contributed by atoms with van der Waals surface area (Å²) in [5.74, 6) is 0. The van der Waals surface area contributed by atoms with Crippen LogP contribution in [0.2, 0.25) is 0 Å². The molecule has 194 valence electrons. The number of fused-ring (bicyclic) bond motifs is 2. The van der Waals surface area contributed by atoms with Crippen LogP contribution in [0.1, 0.15) is 77.3 Å². The quantitative estimate of drug-likeness (QED) is 0.252. The van der Waals surface area contributed by atoms with Gasteiger partial charge >= 0.3 is 0 Å². The van der Waals surface area contributed by atoms with E-state index in [1.807, 2.05) is 0 Å². The van der Waals surface area contributed by atoms with E-state index < -0.39 is 0 Å². The lowest BCUT2D eigenvalue weighted by Gasteiger charge is -2.24. The number of oxime groups is 2. The molecule has 4 aromatic carbocycles. The molecule has 0 spiro atoms. The number of rotatable bonds is 7. The summed E-state index contributed by atoms with van der Waals surface area (Å²) in [6, 6.07) is 26.2. The van der Waals surface area contributed by atoms with Crippen molar-refractivity contribution in [2.75, 3.05) is 0 Å². The van der Waals surface area contributed by atoms with E-state index in [4.69, 9.17) is 20.0 Å². The Morgan fingerprint density at radius 2 is 0.947 bits per heavy atom. The van der Waals surface area contributed by atoms with E-state index in [1.165, 1.54) is 32.7 Å². The first kappa shape index (κ1) is 24.7. The molecule has 0 amide bonds. The first-order chi connectivity index (χ1) is 18.6. The standard InChI is InChI=1S/C34H36N2O2/c1-5-33(6-2)21-29(35-37-33)27-19-17-23-13-9-11-15-25(23)31(27)32-26-16-12-10-14-24(26)18-20-28(32)30-22-34(7-3,8-4)38-36-30/h9-20H,5-8,21-22H2,1-4H3. The molecule has 4 nitrogen and oxygen atoms in total. The molecule has 38 heavy (non-hydrogen) atoms. The maximum Gasteiger partial charge on any atom is 0.142 e. The van der Waals surface area contributed by atoms with E-state index in [1.54, 1.807) is 0 Å². The van der Waals surface area contributed by atoms with Crippen LogP contribution >= 0.6 is 0 Å². The van der Waals surface area contributed by atoms with Crippen molar-refractivity contribution in [1.82, 2.24) is 0 Å². The van der Waals surface area contributed by atoms with Crippen LogP contribution in [0.15, 0.2) is 83.1 Å². The second-order valence-corrected chi connectivity index (χ2v) is 10.8. The van der Waals surface area contributed by atoms with Crippen LogP contribution in [0.4, 0.5) is 0 Å². The summed E-state index contributed by atoms with van der Waals surface area (Å²) in [5, 5.41) is 14.3. The number of benzene rings is 4. The minimum Gasteiger partial charge on any atom is -0.389 e. The minimum atomic E-state index is -0.231. The Labute approximate surface area is 225 Å². The van der Waals surface area contributed by atoms with Gasteiger partial charge in [-0.15, -0.1) is 0 Å². The molecule has 4 heteroatoms. The van der Waals surface area contributed by atoms with Gasteiger partial charge in [-0.25, -0.2) is 0 Å². The highest BCUT2D eigenvalue weighted by atomic mass is 16.7. The van der Waals surface area contributed by atoms with Crippen molar-refractivity contribution in [2.24, 2.45) is 10.3 Å². The highest BCUT2D eigenvalue weighted by molar-refractivity contribution is 6.21. The Balaban J connectivity index is 1.64. The van der Waals surface area contributed by atoms with Gasteiger partial charge in [0.25, 0.3) is 0 Å². The monoisotopic (exact) mass is 504 g/mol. The van der Waals surface area contributed by atoms with Gasteiger partial charge in [-0.1, -0.05) is 111 Å². The van der Waals surface area contributed by atoms with Gasteiger partial charge in [-0.3, -0.25) is 0 Å². The third kappa shape index (κ3) is 3.89. The predicted octanol–water partition coefficient (Wildman–Crippen LogP) is 9.03. The molecule has 2 heterocycles. The van der Waals surface area contributed by atoms with Gasteiger partial charge in [0.15, 0.2) is 0 Å². The van der Waals surface area contributed by atoms with Crippen LogP contribution in [-0.4, -0.2) is 22.6 Å². The van der Waals surface area contributed by atoms with Crippen molar-refractivity contribution in [3.8, 4) is 11.1 Å². The summed E-state index contributed by atoms with van der Waals surface area (Å²) in [5.41, 5.74) is 6.27. The van der Waals surface area contributed by atoms with Gasteiger partial charge in [-0.05, 0) is 58.4 Å². The molecule has 0 saturated carbocycles. The largest absolute Gasteiger partial charge is 0.389 e. The summed E-state index contributed by atoms with van der Waals surface area (Å²) in [6.45, 7) is 8.77. The van der Waals surface area contributed by atoms with Gasteiger partial charge in [0, 0.05) is 24.0 Å². The second-order valence-electron chi connectivity index (χ2n) is 10.8. The van der Waals surface area contributed by atoms with Crippen LogP contribution in [-0.2, 0) is 9.68 Å². The number of hydrogen-bond acceptors (Lipinski definition) is 4. The highest BCUT2D eigenvalue weighted by Crippen LogP contribution is 2.44. The van der Waals surface area contributed by atoms with E-state index in [2.05, 4.69) is 100 Å². The molecular formula is C34H36N2O2. The van der Waals surface area contributed by atoms with Crippen molar-refractivity contribution in [3.63, 3.8) is 0 Å². The number of nitrogens with zero attached hydrogens (tertiary/aromatic N) is 2. The zero-order chi connectivity index (χ0) is 26.3. The van der Waals surface area contributed by atoms with Crippen LogP contribution in [0.3, 0.4) is 0 Å². The van der Waals surface area contributed by atoms with Crippen LogP contribution in [0.5, 0.6) is 0 Å². The minimum absolute atomic E-state index is 0.231. The number of hydrogen-bond donors (Lipinski definition) is 0. The lowest BCUT2D eigenvalue weighted by molar-refractivity contribution is -0.0245. The highest BCUT2D eigenvalue weighted by Gasteiger charge is 2.39. The van der Waals surface area contributed by atoms with Crippen LogP contribution in [0.25, 0.3) is 32.7 Å². The summed E-state index contributed by atoms with van der Waals surface area (Å²) >= 11 is 0. The Morgan fingerprint density at radius 1 is 0.553 bits per heavy atom. The zero-order valence-electron chi connectivity index (χ0n) is 22.9. The molecule has 2 aliphatic heterocycles. The molecule has 0 saturated heterocycles. The Bertz CT molecular complexity index is 1460. The molecule has 0 aromatic heterocycles. The van der Waals surface area contributed by atoms with Gasteiger partial charge in [0.05, 0.1) is 11.4 Å². The first-order valence-electron chi connectivity index (χ1n) is 14.1. The fourth-order valence-corrected chi connectivity index (χ4v) is 6.15. The molecule has 0 aliphatic carbocycles. The van der Waals surface area contributed by atoms with Crippen molar-refractivity contribution in [1.29, 1.82) is 0 Å². The summed E-state index contributed by atoms with van der Waals surface area (Å²) in [6.07, 6.45) is 5.35. The molecule has 0 radical (unpaired) electrons. The molecule has 6 rings (SSSR count). The predicted molar refractivity (Wildman–Crippen MR) is 158 cm³/mol. The average Bonchev–Trinajstić information content (AvgIpc) is 3.62. The molecule has 0 bridgehead atoms. The van der Waals surface area contributed by atoms with Gasteiger partial charge in [-0.2, -0.15) is 0 Å². The first-order valence-corrected chi connectivity index (χ1v) is 14.1. The van der Waals surface area contributed by atoms with E-state index in [0.717, 1.165) is 61.1 Å². The molecule has 2 aliphatic rings. The van der Waals surface area contributed by atoms with Crippen molar-refractivity contribution in [3.05, 3.63) is 83.9 Å². The lowest BCUT2D eigenvalue weighted by Crippen LogP contribution is -2.27. The summed E-state index contributed by atoms with van der Waals surface area (Å²) in [4.78, 5) is 12.3. The average molecular weight is 505 g/mol. The van der Waals surface area contributed by atoms with Crippen LogP contribution in [0, 0.1) is 0 Å². The van der Waals surface area contributed by atoms with Gasteiger partial charge in [0.1, 0.15) is 11.2 Å². The van der Waals surface area contributed by atoms with Crippen LogP contribution < -0.4 is 0 Å². The van der Waals surface area contributed by atoms with Crippen molar-refractivity contribution >= 4 is 33.0 Å². The Hall–Kier alpha value is -3.66. The molecule has 0 unspecified atom stereocenters. The van der Waals surface area contributed by atoms with Crippen molar-refractivity contribution in [2.45, 2.75) is 77.4 Å². The molecular weight excluding hydrogens is 468 g/mol. The summed E-state index contributed by atoms with van der Waals surface area (Å²) in [7, 11) is 0. The molecule has 0 N–H and O–H groups in total. The third-order valence-electron chi connectivity index (χ3n) is 8.99. The normalized spacial score (nSPS) is 17.8. The fraction of sp³-hybridized carbons (Fsp3) is 0.353. The Kier molecular flexibility index (Phi) is 6.22. The molecule has 4 aromatic rings. The molecule has 0 fully saturated rings. The maximum atomic E-state index is 6.13. The molecule has 0 atom stereocenters. The topological polar surface area (TPSA) is 43.2 Å². The smallest absolute Gasteiger partial charge is 0.142 e. The van der Waals surface area contributed by atoms with E-state index >= 15 is 0 Å². The zero-order valence-corrected chi connectivity index (χ0v) is 22.9. The van der Waals surface area contributed by atoms with Gasteiger partial charge in [0.2, 0.25) is 0 Å². The van der Waals surface area contributed by atoms with Crippen molar-refractivity contribution < 1.29 is 9.68 Å². The maximum absolute atomic E-state index is 6.13. The lowest BCUT2D eigenvalue weighted by atomic mass is 9.81. The second kappa shape index (κ2) is 9.58. The third-order valence-corrected chi connectivity index (χ3v) is 8.99. The van der Waals surface area contributed by atoms with E-state index in [0.29, 0.717) is 0 Å². The SMILES string of the molecule is CCC1(CC)CC(c2ccc3ccccc3c2-c2c(C3=NOC(CC)(CC)C3)ccc3ccccc23)=NO1.